The lowest BCUT2D eigenvalue weighted by atomic mass is 9.99. The highest BCUT2D eigenvalue weighted by molar-refractivity contribution is 7.17. The van der Waals surface area contributed by atoms with Crippen LogP contribution in [0.25, 0.3) is 11.3 Å². The van der Waals surface area contributed by atoms with Gasteiger partial charge in [0.2, 0.25) is 0 Å². The SMILES string of the molecule is C[C@H]1CN(c2cc(CP)cc(-c3ccnc4c3C(C(F)P)OC(=O)N4)n2)CCN1. The molecular weight excluding hydrogens is 411 g/mol. The van der Waals surface area contributed by atoms with E-state index in [4.69, 9.17) is 9.72 Å². The molecule has 7 nitrogen and oxygen atoms in total. The van der Waals surface area contributed by atoms with E-state index in [0.717, 1.165) is 37.2 Å². The van der Waals surface area contributed by atoms with Crippen LogP contribution in [-0.4, -0.2) is 47.7 Å². The van der Waals surface area contributed by atoms with Crippen molar-refractivity contribution in [1.82, 2.24) is 15.3 Å². The van der Waals surface area contributed by atoms with Gasteiger partial charge in [-0.05, 0) is 36.8 Å². The standard InChI is InChI=1S/C19H24FN5O2P2/c1-10-8-25(5-4-21-10)14-7-11(9-28)6-13(23-14)12-2-3-22-18-15(12)16(17(20)29)27-19(26)24-18/h2-3,6-7,10,16-17,21H,4-5,8-9,28-29H2,1H3,(H,22,24,26)/t10-,16?,17?/m0/s1. The molecule has 2 aliphatic rings. The van der Waals surface area contributed by atoms with Gasteiger partial charge in [0.1, 0.15) is 11.6 Å². The van der Waals surface area contributed by atoms with E-state index in [1.165, 1.54) is 0 Å². The maximum absolute atomic E-state index is 14.3. The number of nitrogens with zero attached hydrogens (tertiary/aromatic N) is 3. The first-order chi connectivity index (χ1) is 14.0. The molecule has 5 atom stereocenters. The number of nitrogens with one attached hydrogen (secondary N) is 2. The topological polar surface area (TPSA) is 79.4 Å². The highest BCUT2D eigenvalue weighted by Crippen LogP contribution is 2.41. The van der Waals surface area contributed by atoms with Crippen molar-refractivity contribution in [3.8, 4) is 11.3 Å². The maximum Gasteiger partial charge on any atom is 0.413 e. The van der Waals surface area contributed by atoms with Gasteiger partial charge >= 0.3 is 6.09 Å². The summed E-state index contributed by atoms with van der Waals surface area (Å²) in [5.74, 6) is -0.260. The van der Waals surface area contributed by atoms with Crippen molar-refractivity contribution in [3.63, 3.8) is 0 Å². The second-order valence-electron chi connectivity index (χ2n) is 7.24. The number of alkyl halides is 1. The van der Waals surface area contributed by atoms with Crippen LogP contribution >= 0.6 is 18.5 Å². The number of halogens is 1. The van der Waals surface area contributed by atoms with Crippen molar-refractivity contribution in [2.24, 2.45) is 0 Å². The predicted octanol–water partition coefficient (Wildman–Crippen LogP) is 3.09. The lowest BCUT2D eigenvalue weighted by Gasteiger charge is -2.33. The lowest BCUT2D eigenvalue weighted by molar-refractivity contribution is 0.0779. The first-order valence-corrected chi connectivity index (χ1v) is 11.0. The molecule has 4 rings (SSSR count). The van der Waals surface area contributed by atoms with Gasteiger partial charge in [-0.25, -0.2) is 19.2 Å². The zero-order valence-corrected chi connectivity index (χ0v) is 18.4. The minimum atomic E-state index is -1.46. The molecule has 2 aliphatic heterocycles. The maximum atomic E-state index is 14.3. The fraction of sp³-hybridized carbons (Fsp3) is 0.421. The smallest absolute Gasteiger partial charge is 0.413 e. The Bertz CT molecular complexity index is 929. The van der Waals surface area contributed by atoms with Gasteiger partial charge in [0.05, 0.1) is 5.69 Å². The summed E-state index contributed by atoms with van der Waals surface area (Å²) in [4.78, 5) is 23.2. The number of carbonyl (C=O) groups excluding carboxylic acids is 1. The highest BCUT2D eigenvalue weighted by atomic mass is 31.0. The van der Waals surface area contributed by atoms with Gasteiger partial charge in [0.25, 0.3) is 0 Å². The molecule has 1 fully saturated rings. The van der Waals surface area contributed by atoms with Gasteiger partial charge in [-0.2, -0.15) is 0 Å². The van der Waals surface area contributed by atoms with E-state index in [1.54, 1.807) is 12.3 Å². The average molecular weight is 435 g/mol. The Labute approximate surface area is 173 Å². The Balaban J connectivity index is 1.82. The van der Waals surface area contributed by atoms with E-state index in [1.807, 2.05) is 6.07 Å². The molecule has 2 aromatic heterocycles. The number of rotatable bonds is 4. The molecule has 2 N–H and O–H groups in total. The van der Waals surface area contributed by atoms with Crippen molar-refractivity contribution in [1.29, 1.82) is 0 Å². The molecule has 2 aromatic rings. The predicted molar refractivity (Wildman–Crippen MR) is 118 cm³/mol. The summed E-state index contributed by atoms with van der Waals surface area (Å²) in [7, 11) is 4.80. The number of piperazine rings is 1. The molecule has 0 spiro atoms. The third kappa shape index (κ3) is 4.20. The molecule has 4 unspecified atom stereocenters. The summed E-state index contributed by atoms with van der Waals surface area (Å²) in [6, 6.07) is 6.24. The minimum absolute atomic E-state index is 0.310. The van der Waals surface area contributed by atoms with Gasteiger partial charge in [0.15, 0.2) is 12.0 Å². The van der Waals surface area contributed by atoms with E-state index in [-0.39, 0.29) is 0 Å². The quantitative estimate of drug-likeness (QED) is 0.719. The Hall–Kier alpha value is -1.88. The summed E-state index contributed by atoms with van der Waals surface area (Å²) in [5.41, 5.74) is 3.02. The Morgan fingerprint density at radius 2 is 2.28 bits per heavy atom. The van der Waals surface area contributed by atoms with E-state index < -0.39 is 18.1 Å². The average Bonchev–Trinajstić information content (AvgIpc) is 2.72. The van der Waals surface area contributed by atoms with Crippen LogP contribution < -0.4 is 15.5 Å². The van der Waals surface area contributed by atoms with Crippen LogP contribution in [0.5, 0.6) is 0 Å². The molecule has 4 heterocycles. The zero-order chi connectivity index (χ0) is 20.5. The van der Waals surface area contributed by atoms with Crippen molar-refractivity contribution >= 4 is 36.2 Å². The van der Waals surface area contributed by atoms with E-state index >= 15 is 0 Å². The van der Waals surface area contributed by atoms with Crippen molar-refractivity contribution < 1.29 is 13.9 Å². The van der Waals surface area contributed by atoms with Crippen molar-refractivity contribution in [2.45, 2.75) is 31.1 Å². The van der Waals surface area contributed by atoms with Crippen LogP contribution in [0.3, 0.4) is 0 Å². The lowest BCUT2D eigenvalue weighted by Crippen LogP contribution is -2.49. The van der Waals surface area contributed by atoms with Crippen LogP contribution in [0.2, 0.25) is 0 Å². The number of amides is 1. The molecule has 29 heavy (non-hydrogen) atoms. The van der Waals surface area contributed by atoms with Crippen molar-refractivity contribution in [3.05, 3.63) is 35.5 Å². The third-order valence-electron chi connectivity index (χ3n) is 5.09. The summed E-state index contributed by atoms with van der Waals surface area (Å²) < 4.78 is 19.5. The van der Waals surface area contributed by atoms with Crippen LogP contribution in [0.1, 0.15) is 24.2 Å². The Morgan fingerprint density at radius 3 is 3.00 bits per heavy atom. The van der Waals surface area contributed by atoms with E-state index in [0.29, 0.717) is 28.7 Å². The fourth-order valence-electron chi connectivity index (χ4n) is 3.74. The number of carbonyl (C=O) groups is 1. The number of fused-ring (bicyclic) bond motifs is 1. The molecule has 0 bridgehead atoms. The summed E-state index contributed by atoms with van der Waals surface area (Å²) in [6.45, 7) is 4.77. The van der Waals surface area contributed by atoms with Gasteiger partial charge in [-0.1, -0.05) is 9.24 Å². The van der Waals surface area contributed by atoms with Gasteiger partial charge < -0.3 is 15.0 Å². The van der Waals surface area contributed by atoms with Crippen LogP contribution in [0.15, 0.2) is 24.4 Å². The zero-order valence-electron chi connectivity index (χ0n) is 16.1. The number of anilines is 2. The summed E-state index contributed by atoms with van der Waals surface area (Å²) in [6.07, 6.45) is 0.591. The highest BCUT2D eigenvalue weighted by Gasteiger charge is 2.35. The number of pyridine rings is 2. The molecule has 1 amide bonds. The number of ether oxygens (including phenoxy) is 1. The minimum Gasteiger partial charge on any atom is -0.437 e. The fourth-order valence-corrected chi connectivity index (χ4v) is 4.24. The molecular formula is C19H24FN5O2P2. The Morgan fingerprint density at radius 1 is 1.45 bits per heavy atom. The normalized spacial score (nSPS) is 22.5. The second-order valence-corrected chi connectivity index (χ2v) is 8.29. The first kappa shape index (κ1) is 20.4. The van der Waals surface area contributed by atoms with Gasteiger partial charge in [0, 0.05) is 43.0 Å². The first-order valence-electron chi connectivity index (χ1n) is 9.52. The summed E-state index contributed by atoms with van der Waals surface area (Å²) >= 11 is 0. The van der Waals surface area contributed by atoms with Crippen molar-refractivity contribution in [2.75, 3.05) is 29.9 Å². The monoisotopic (exact) mass is 435 g/mol. The molecule has 0 aliphatic carbocycles. The number of aromatic nitrogens is 2. The van der Waals surface area contributed by atoms with Gasteiger partial charge in [-0.3, -0.25) is 5.32 Å². The largest absolute Gasteiger partial charge is 0.437 e. The molecule has 10 heteroatoms. The second kappa shape index (κ2) is 8.47. The molecule has 154 valence electrons. The molecule has 0 aromatic carbocycles. The third-order valence-corrected chi connectivity index (χ3v) is 5.92. The van der Waals surface area contributed by atoms with E-state index in [9.17, 15) is 9.18 Å². The number of cyclic esters (lactones) is 1. The number of hydrogen-bond donors (Lipinski definition) is 2. The molecule has 0 saturated carbocycles. The van der Waals surface area contributed by atoms with Crippen LogP contribution in [0.4, 0.5) is 20.8 Å². The van der Waals surface area contributed by atoms with Gasteiger partial charge in [-0.15, -0.1) is 9.24 Å². The Kier molecular flexibility index (Phi) is 5.95. The number of hydrogen-bond acceptors (Lipinski definition) is 6. The van der Waals surface area contributed by atoms with Crippen LogP contribution in [-0.2, 0) is 10.9 Å². The molecule has 0 radical (unpaired) electrons. The summed E-state index contributed by atoms with van der Waals surface area (Å²) in [5, 5.41) is 6.01. The van der Waals surface area contributed by atoms with E-state index in [2.05, 4.69) is 52.0 Å². The van der Waals surface area contributed by atoms with Crippen LogP contribution in [0, 0.1) is 0 Å². The molecule has 1 saturated heterocycles.